The molecule has 0 aliphatic heterocycles. The van der Waals surface area contributed by atoms with Gasteiger partial charge in [-0.05, 0) is 30.5 Å². The molecule has 3 rings (SSSR count). The highest BCUT2D eigenvalue weighted by molar-refractivity contribution is 5.94. The Labute approximate surface area is 131 Å². The minimum atomic E-state index is -0.0937. The third kappa shape index (κ3) is 3.85. The molecule has 4 nitrogen and oxygen atoms in total. The lowest BCUT2D eigenvalue weighted by atomic mass is 10.2. The molecule has 1 aromatic carbocycles. The van der Waals surface area contributed by atoms with E-state index in [1.807, 2.05) is 42.5 Å². The van der Waals surface area contributed by atoms with Gasteiger partial charge in [-0.3, -0.25) is 4.79 Å². The molecule has 0 radical (unpaired) electrons. The van der Waals surface area contributed by atoms with Gasteiger partial charge in [-0.15, -0.1) is 0 Å². The lowest BCUT2D eigenvalue weighted by Crippen LogP contribution is -2.23. The van der Waals surface area contributed by atoms with Crippen molar-refractivity contribution in [1.29, 1.82) is 0 Å². The number of amides is 1. The van der Waals surface area contributed by atoms with Crippen LogP contribution in [0.3, 0.4) is 0 Å². The third-order valence-electron chi connectivity index (χ3n) is 4.03. The van der Waals surface area contributed by atoms with Crippen molar-refractivity contribution in [3.8, 4) is 0 Å². The van der Waals surface area contributed by atoms with Gasteiger partial charge in [0, 0.05) is 18.8 Å². The summed E-state index contributed by atoms with van der Waals surface area (Å²) < 4.78 is 0. The van der Waals surface area contributed by atoms with E-state index in [1.54, 1.807) is 6.20 Å². The van der Waals surface area contributed by atoms with Crippen LogP contribution in [0.25, 0.3) is 0 Å². The monoisotopic (exact) mass is 295 g/mol. The maximum atomic E-state index is 12.1. The summed E-state index contributed by atoms with van der Waals surface area (Å²) >= 11 is 0. The number of nitrogens with one attached hydrogen (secondary N) is 2. The Kier molecular flexibility index (Phi) is 4.68. The Hall–Kier alpha value is -2.36. The molecule has 0 bridgehead atoms. The second kappa shape index (κ2) is 7.07. The van der Waals surface area contributed by atoms with Crippen LogP contribution in [0, 0.1) is 0 Å². The molecule has 0 spiro atoms. The summed E-state index contributed by atoms with van der Waals surface area (Å²) in [5, 5.41) is 6.33. The minimum absolute atomic E-state index is 0.0937. The molecule has 1 aliphatic rings. The van der Waals surface area contributed by atoms with Crippen molar-refractivity contribution in [2.45, 2.75) is 38.3 Å². The fourth-order valence-corrected chi connectivity index (χ4v) is 2.77. The highest BCUT2D eigenvalue weighted by atomic mass is 16.1. The van der Waals surface area contributed by atoms with Gasteiger partial charge in [-0.2, -0.15) is 0 Å². The summed E-state index contributed by atoms with van der Waals surface area (Å²) in [5.74, 6) is 0.760. The number of carbonyl (C=O) groups is 1. The second-order valence-corrected chi connectivity index (χ2v) is 5.73. The molecule has 22 heavy (non-hydrogen) atoms. The highest BCUT2D eigenvalue weighted by Crippen LogP contribution is 2.21. The van der Waals surface area contributed by atoms with Crippen LogP contribution in [0.5, 0.6) is 0 Å². The van der Waals surface area contributed by atoms with Crippen LogP contribution >= 0.6 is 0 Å². The Morgan fingerprint density at radius 2 is 1.86 bits per heavy atom. The number of anilines is 1. The number of carbonyl (C=O) groups excluding carboxylic acids is 1. The molecule has 2 aromatic rings. The van der Waals surface area contributed by atoms with Crippen LogP contribution in [0.4, 0.5) is 5.82 Å². The number of benzene rings is 1. The van der Waals surface area contributed by atoms with Gasteiger partial charge >= 0.3 is 0 Å². The van der Waals surface area contributed by atoms with Gasteiger partial charge in [0.15, 0.2) is 0 Å². The van der Waals surface area contributed by atoms with E-state index in [2.05, 4.69) is 15.6 Å². The van der Waals surface area contributed by atoms with Gasteiger partial charge < -0.3 is 10.6 Å². The molecule has 1 aliphatic carbocycles. The fraction of sp³-hybridized carbons (Fsp3) is 0.333. The van der Waals surface area contributed by atoms with Crippen molar-refractivity contribution < 1.29 is 4.79 Å². The first-order chi connectivity index (χ1) is 10.8. The lowest BCUT2D eigenvalue weighted by molar-refractivity contribution is 0.0950. The van der Waals surface area contributed by atoms with Crippen molar-refractivity contribution >= 4 is 11.7 Å². The van der Waals surface area contributed by atoms with Gasteiger partial charge in [0.2, 0.25) is 0 Å². The molecule has 1 saturated carbocycles. The van der Waals surface area contributed by atoms with E-state index in [4.69, 9.17) is 0 Å². The molecular formula is C18H21N3O. The summed E-state index contributed by atoms with van der Waals surface area (Å²) in [6, 6.07) is 14.1. The van der Waals surface area contributed by atoms with Gasteiger partial charge in [-0.1, -0.05) is 43.2 Å². The number of hydrogen-bond donors (Lipinski definition) is 2. The molecular weight excluding hydrogens is 274 g/mol. The number of pyridine rings is 1. The van der Waals surface area contributed by atoms with E-state index < -0.39 is 0 Å². The smallest absolute Gasteiger partial charge is 0.253 e. The van der Waals surface area contributed by atoms with Crippen LogP contribution < -0.4 is 10.6 Å². The highest BCUT2D eigenvalue weighted by Gasteiger charge is 2.15. The van der Waals surface area contributed by atoms with Gasteiger partial charge in [0.25, 0.3) is 5.91 Å². The number of rotatable bonds is 5. The van der Waals surface area contributed by atoms with Crippen LogP contribution in [0.1, 0.15) is 41.6 Å². The van der Waals surface area contributed by atoms with Gasteiger partial charge in [0.1, 0.15) is 5.82 Å². The summed E-state index contributed by atoms with van der Waals surface area (Å²) in [6.07, 6.45) is 6.63. The molecule has 0 saturated heterocycles. The molecule has 0 unspecified atom stereocenters. The van der Waals surface area contributed by atoms with E-state index in [9.17, 15) is 4.79 Å². The van der Waals surface area contributed by atoms with Gasteiger partial charge in [-0.25, -0.2) is 4.98 Å². The first-order valence-corrected chi connectivity index (χ1v) is 7.86. The maximum absolute atomic E-state index is 12.1. The standard InChI is InChI=1S/C18H21N3O/c22-18(20-12-14-6-2-1-3-7-14)15-10-11-17(19-13-15)21-16-8-4-5-9-16/h1-3,6-7,10-11,13,16H,4-5,8-9,12H2,(H,19,21)(H,20,22). The molecule has 0 atom stereocenters. The van der Waals surface area contributed by atoms with Crippen molar-refractivity contribution in [2.24, 2.45) is 0 Å². The number of nitrogens with zero attached hydrogens (tertiary/aromatic N) is 1. The first kappa shape index (κ1) is 14.6. The van der Waals surface area contributed by atoms with Crippen LogP contribution in [0.15, 0.2) is 48.7 Å². The Morgan fingerprint density at radius 1 is 1.09 bits per heavy atom. The molecule has 114 valence electrons. The molecule has 1 aromatic heterocycles. The predicted octanol–water partition coefficient (Wildman–Crippen LogP) is 3.37. The van der Waals surface area contributed by atoms with Crippen molar-refractivity contribution in [3.05, 3.63) is 59.8 Å². The Balaban J connectivity index is 1.54. The lowest BCUT2D eigenvalue weighted by Gasteiger charge is -2.12. The Bertz CT molecular complexity index is 604. The average molecular weight is 295 g/mol. The average Bonchev–Trinajstić information content (AvgIpc) is 3.07. The second-order valence-electron chi connectivity index (χ2n) is 5.73. The molecule has 2 N–H and O–H groups in total. The minimum Gasteiger partial charge on any atom is -0.367 e. The zero-order valence-corrected chi connectivity index (χ0v) is 12.6. The fourth-order valence-electron chi connectivity index (χ4n) is 2.77. The van der Waals surface area contributed by atoms with E-state index >= 15 is 0 Å². The maximum Gasteiger partial charge on any atom is 0.253 e. The molecule has 1 fully saturated rings. The molecule has 4 heteroatoms. The van der Waals surface area contributed by atoms with Crippen molar-refractivity contribution in [3.63, 3.8) is 0 Å². The van der Waals surface area contributed by atoms with Gasteiger partial charge in [0.05, 0.1) is 5.56 Å². The zero-order chi connectivity index (χ0) is 15.2. The summed E-state index contributed by atoms with van der Waals surface area (Å²) in [7, 11) is 0. The zero-order valence-electron chi connectivity index (χ0n) is 12.6. The van der Waals surface area contributed by atoms with Crippen LogP contribution in [0.2, 0.25) is 0 Å². The largest absolute Gasteiger partial charge is 0.367 e. The predicted molar refractivity (Wildman–Crippen MR) is 87.7 cm³/mol. The van der Waals surface area contributed by atoms with Crippen molar-refractivity contribution in [2.75, 3.05) is 5.32 Å². The topological polar surface area (TPSA) is 54.0 Å². The molecule has 1 heterocycles. The van der Waals surface area contributed by atoms with E-state index in [0.29, 0.717) is 18.2 Å². The summed E-state index contributed by atoms with van der Waals surface area (Å²) in [5.41, 5.74) is 1.68. The third-order valence-corrected chi connectivity index (χ3v) is 4.03. The number of aromatic nitrogens is 1. The van der Waals surface area contributed by atoms with E-state index in [-0.39, 0.29) is 5.91 Å². The quantitative estimate of drug-likeness (QED) is 0.889. The number of hydrogen-bond acceptors (Lipinski definition) is 3. The SMILES string of the molecule is O=C(NCc1ccccc1)c1ccc(NC2CCCC2)nc1. The Morgan fingerprint density at radius 3 is 2.55 bits per heavy atom. The van der Waals surface area contributed by atoms with Crippen LogP contribution in [-0.2, 0) is 6.54 Å². The van der Waals surface area contributed by atoms with E-state index in [1.165, 1.54) is 25.7 Å². The van der Waals surface area contributed by atoms with Crippen molar-refractivity contribution in [1.82, 2.24) is 10.3 Å². The van der Waals surface area contributed by atoms with E-state index in [0.717, 1.165) is 11.4 Å². The summed E-state index contributed by atoms with van der Waals surface area (Å²) in [4.78, 5) is 16.4. The molecule has 1 amide bonds. The summed E-state index contributed by atoms with van der Waals surface area (Å²) in [6.45, 7) is 0.530. The van der Waals surface area contributed by atoms with Crippen LogP contribution in [-0.4, -0.2) is 16.9 Å². The first-order valence-electron chi connectivity index (χ1n) is 7.86. The normalized spacial score (nSPS) is 14.7.